The van der Waals surface area contributed by atoms with E-state index >= 15 is 0 Å². The van der Waals surface area contributed by atoms with Gasteiger partial charge in [0.2, 0.25) is 5.91 Å². The van der Waals surface area contributed by atoms with Gasteiger partial charge in [0.1, 0.15) is 0 Å². The van der Waals surface area contributed by atoms with Crippen molar-refractivity contribution in [1.82, 2.24) is 10.2 Å². The van der Waals surface area contributed by atoms with Crippen molar-refractivity contribution in [2.24, 2.45) is 0 Å². The first kappa shape index (κ1) is 19.5. The Morgan fingerprint density at radius 1 is 1.11 bits per heavy atom. The summed E-state index contributed by atoms with van der Waals surface area (Å²) in [4.78, 5) is 12.4. The highest BCUT2D eigenvalue weighted by Gasteiger charge is 2.13. The second-order valence-electron chi connectivity index (χ2n) is 5.56. The van der Waals surface area contributed by atoms with E-state index in [0.29, 0.717) is 33.9 Å². The number of amides is 1. The molecule has 3 aromatic rings. The van der Waals surface area contributed by atoms with Crippen LogP contribution in [0.3, 0.4) is 0 Å². The van der Waals surface area contributed by atoms with Crippen molar-refractivity contribution in [3.63, 3.8) is 0 Å². The number of aromatic nitrogens is 2. The summed E-state index contributed by atoms with van der Waals surface area (Å²) in [5.41, 5.74) is 2.05. The molecule has 0 aliphatic rings. The van der Waals surface area contributed by atoms with Crippen molar-refractivity contribution < 1.29 is 18.7 Å². The van der Waals surface area contributed by atoms with Gasteiger partial charge in [-0.05, 0) is 42.2 Å². The first-order chi connectivity index (χ1) is 13.6. The average Bonchev–Trinajstić information content (AvgIpc) is 3.21. The molecule has 28 heavy (non-hydrogen) atoms. The molecule has 2 aromatic carbocycles. The third-order valence-electron chi connectivity index (χ3n) is 3.83. The smallest absolute Gasteiger partial charge is 0.276 e. The van der Waals surface area contributed by atoms with Gasteiger partial charge in [0, 0.05) is 6.08 Å². The third-order valence-corrected chi connectivity index (χ3v) is 4.35. The Bertz CT molecular complexity index is 1000. The fourth-order valence-electron chi connectivity index (χ4n) is 2.48. The van der Waals surface area contributed by atoms with Crippen LogP contribution in [-0.4, -0.2) is 36.6 Å². The molecule has 144 valence electrons. The summed E-state index contributed by atoms with van der Waals surface area (Å²) >= 11 is 1.36. The molecule has 0 unspecified atom stereocenters. The third kappa shape index (κ3) is 4.52. The first-order valence-electron chi connectivity index (χ1n) is 8.32. The summed E-state index contributed by atoms with van der Waals surface area (Å²) in [7, 11) is 3.14. The van der Waals surface area contributed by atoms with E-state index in [4.69, 9.17) is 13.9 Å². The molecule has 0 bridgehead atoms. The zero-order chi connectivity index (χ0) is 19.9. The van der Waals surface area contributed by atoms with E-state index in [1.807, 2.05) is 30.5 Å². The van der Waals surface area contributed by atoms with Crippen LogP contribution in [0.25, 0.3) is 17.5 Å². The minimum absolute atomic E-state index is 0.285. The Morgan fingerprint density at radius 3 is 2.61 bits per heavy atom. The number of thioether (sulfide) groups is 1. The van der Waals surface area contributed by atoms with Crippen LogP contribution in [0.5, 0.6) is 11.5 Å². The maximum absolute atomic E-state index is 12.4. The number of carbonyl (C=O) groups is 1. The van der Waals surface area contributed by atoms with E-state index in [9.17, 15) is 4.79 Å². The maximum Gasteiger partial charge on any atom is 0.276 e. The molecule has 7 nitrogen and oxygen atoms in total. The topological polar surface area (TPSA) is 86.5 Å². The molecule has 0 saturated heterocycles. The largest absolute Gasteiger partial charge is 0.493 e. The Kier molecular flexibility index (Phi) is 6.33. The van der Waals surface area contributed by atoms with Gasteiger partial charge in [0.05, 0.1) is 25.5 Å². The number of anilines is 1. The van der Waals surface area contributed by atoms with Gasteiger partial charge < -0.3 is 19.2 Å². The molecule has 0 radical (unpaired) electrons. The highest BCUT2D eigenvalue weighted by Crippen LogP contribution is 2.29. The van der Waals surface area contributed by atoms with Gasteiger partial charge >= 0.3 is 0 Å². The van der Waals surface area contributed by atoms with Crippen LogP contribution in [0.15, 0.2) is 58.2 Å². The van der Waals surface area contributed by atoms with Gasteiger partial charge in [0.25, 0.3) is 11.1 Å². The number of nitrogens with one attached hydrogen (secondary N) is 1. The van der Waals surface area contributed by atoms with Crippen molar-refractivity contribution in [2.45, 2.75) is 5.22 Å². The van der Waals surface area contributed by atoms with E-state index in [1.165, 1.54) is 17.8 Å². The summed E-state index contributed by atoms with van der Waals surface area (Å²) < 4.78 is 16.0. The number of hydrogen-bond donors (Lipinski definition) is 1. The van der Waals surface area contributed by atoms with Crippen LogP contribution in [0, 0.1) is 0 Å². The number of benzene rings is 2. The van der Waals surface area contributed by atoms with Crippen LogP contribution >= 0.6 is 11.8 Å². The standard InChI is InChI=1S/C20H19N3O4S/c1-25-16-10-8-13(12-17(16)26-2)9-11-18(24)21-15-7-5-4-6-14(15)19-22-23-20(27-19)28-3/h4-12H,1-3H3,(H,21,24). The molecule has 0 aliphatic carbocycles. The monoisotopic (exact) mass is 397 g/mol. The molecule has 0 aliphatic heterocycles. The predicted octanol–water partition coefficient (Wildman–Crippen LogP) is 4.13. The Balaban J connectivity index is 1.76. The van der Waals surface area contributed by atoms with E-state index in [2.05, 4.69) is 15.5 Å². The van der Waals surface area contributed by atoms with Crippen LogP contribution < -0.4 is 14.8 Å². The van der Waals surface area contributed by atoms with E-state index in [1.54, 1.807) is 38.5 Å². The lowest BCUT2D eigenvalue weighted by atomic mass is 10.1. The number of methoxy groups -OCH3 is 2. The van der Waals surface area contributed by atoms with Crippen LogP contribution in [0.1, 0.15) is 5.56 Å². The summed E-state index contributed by atoms with van der Waals surface area (Å²) in [5, 5.41) is 11.3. The molecule has 8 heteroatoms. The molecular formula is C20H19N3O4S. The Hall–Kier alpha value is -3.26. The number of nitrogens with zero attached hydrogens (tertiary/aromatic N) is 2. The van der Waals surface area contributed by atoms with Gasteiger partial charge in [-0.3, -0.25) is 4.79 Å². The molecule has 1 N–H and O–H groups in total. The maximum atomic E-state index is 12.4. The molecular weight excluding hydrogens is 378 g/mol. The predicted molar refractivity (Wildman–Crippen MR) is 109 cm³/mol. The SMILES string of the molecule is COc1ccc(C=CC(=O)Nc2ccccc2-c2nnc(SC)o2)cc1OC. The van der Waals surface area contributed by atoms with E-state index in [0.717, 1.165) is 5.56 Å². The molecule has 1 amide bonds. The minimum atomic E-state index is -0.285. The van der Waals surface area contributed by atoms with E-state index < -0.39 is 0 Å². The number of rotatable bonds is 7. The lowest BCUT2D eigenvalue weighted by Gasteiger charge is -2.08. The van der Waals surface area contributed by atoms with Crippen molar-refractivity contribution in [3.8, 4) is 23.0 Å². The Labute approximate surface area is 166 Å². The average molecular weight is 397 g/mol. The van der Waals surface area contributed by atoms with Crippen LogP contribution in [-0.2, 0) is 4.79 Å². The van der Waals surface area contributed by atoms with Crippen molar-refractivity contribution >= 4 is 29.4 Å². The zero-order valence-corrected chi connectivity index (χ0v) is 16.4. The van der Waals surface area contributed by atoms with Crippen molar-refractivity contribution in [3.05, 3.63) is 54.1 Å². The quantitative estimate of drug-likeness (QED) is 0.474. The zero-order valence-electron chi connectivity index (χ0n) is 15.6. The summed E-state index contributed by atoms with van der Waals surface area (Å²) in [6.07, 6.45) is 4.99. The molecule has 0 atom stereocenters. The number of hydrogen-bond acceptors (Lipinski definition) is 7. The normalized spacial score (nSPS) is 10.8. The van der Waals surface area contributed by atoms with Gasteiger partial charge in [-0.25, -0.2) is 0 Å². The molecule has 1 aromatic heterocycles. The number of para-hydroxylation sites is 1. The van der Waals surface area contributed by atoms with Gasteiger partial charge in [0.15, 0.2) is 11.5 Å². The summed E-state index contributed by atoms with van der Waals surface area (Å²) in [5.74, 6) is 1.29. The molecule has 0 fully saturated rings. The molecule has 0 spiro atoms. The molecule has 0 saturated carbocycles. The number of ether oxygens (including phenoxy) is 2. The first-order valence-corrected chi connectivity index (χ1v) is 9.55. The van der Waals surface area contributed by atoms with Crippen molar-refractivity contribution in [1.29, 1.82) is 0 Å². The second-order valence-corrected chi connectivity index (χ2v) is 6.32. The van der Waals surface area contributed by atoms with Crippen LogP contribution in [0.2, 0.25) is 0 Å². The van der Waals surface area contributed by atoms with Crippen LogP contribution in [0.4, 0.5) is 5.69 Å². The molecule has 3 rings (SSSR count). The summed E-state index contributed by atoms with van der Waals surface area (Å²) in [6, 6.07) is 12.7. The van der Waals surface area contributed by atoms with Gasteiger partial charge in [-0.2, -0.15) is 0 Å². The summed E-state index contributed by atoms with van der Waals surface area (Å²) in [6.45, 7) is 0. The lowest BCUT2D eigenvalue weighted by Crippen LogP contribution is -2.08. The highest BCUT2D eigenvalue weighted by atomic mass is 32.2. The lowest BCUT2D eigenvalue weighted by molar-refractivity contribution is -0.111. The minimum Gasteiger partial charge on any atom is -0.493 e. The van der Waals surface area contributed by atoms with Gasteiger partial charge in [-0.1, -0.05) is 30.0 Å². The van der Waals surface area contributed by atoms with Crippen molar-refractivity contribution in [2.75, 3.05) is 25.8 Å². The van der Waals surface area contributed by atoms with Gasteiger partial charge in [-0.15, -0.1) is 10.2 Å². The fraction of sp³-hybridized carbons (Fsp3) is 0.150. The fourth-order valence-corrected chi connectivity index (χ4v) is 2.77. The Morgan fingerprint density at radius 2 is 1.89 bits per heavy atom. The molecule has 1 heterocycles. The highest BCUT2D eigenvalue weighted by molar-refractivity contribution is 7.98. The number of carbonyl (C=O) groups excluding carboxylic acids is 1. The second kappa shape index (κ2) is 9.09. The van der Waals surface area contributed by atoms with E-state index in [-0.39, 0.29) is 5.91 Å².